The van der Waals surface area contributed by atoms with Crippen LogP contribution in [0, 0.1) is 5.82 Å². The van der Waals surface area contributed by atoms with Crippen molar-refractivity contribution in [3.63, 3.8) is 0 Å². The SMILES string of the molecule is O=C(C(=Nc1cccc(F)c1)NNc1ccc(Cl)cc1)N1CCCCC1. The first-order valence-electron chi connectivity index (χ1n) is 8.53. The topological polar surface area (TPSA) is 56.7 Å². The number of hydrogen-bond donors (Lipinski definition) is 2. The molecule has 1 aliphatic rings. The van der Waals surface area contributed by atoms with E-state index in [1.54, 1.807) is 41.3 Å². The summed E-state index contributed by atoms with van der Waals surface area (Å²) in [5, 5.41) is 0.619. The van der Waals surface area contributed by atoms with Crippen molar-refractivity contribution in [2.24, 2.45) is 4.99 Å². The van der Waals surface area contributed by atoms with E-state index in [0.717, 1.165) is 24.9 Å². The van der Waals surface area contributed by atoms with E-state index in [9.17, 15) is 9.18 Å². The fourth-order valence-electron chi connectivity index (χ4n) is 2.72. The number of anilines is 1. The number of piperidine rings is 1. The van der Waals surface area contributed by atoms with Crippen molar-refractivity contribution < 1.29 is 9.18 Å². The summed E-state index contributed by atoms with van der Waals surface area (Å²) in [6, 6.07) is 12.9. The second-order valence-electron chi connectivity index (χ2n) is 6.05. The summed E-state index contributed by atoms with van der Waals surface area (Å²) in [5.41, 5.74) is 6.91. The highest BCUT2D eigenvalue weighted by Gasteiger charge is 2.22. The lowest BCUT2D eigenvalue weighted by atomic mass is 10.1. The van der Waals surface area contributed by atoms with Crippen molar-refractivity contribution in [2.75, 3.05) is 18.5 Å². The third-order valence-electron chi connectivity index (χ3n) is 4.06. The summed E-state index contributed by atoms with van der Waals surface area (Å²) < 4.78 is 13.4. The van der Waals surface area contributed by atoms with Crippen molar-refractivity contribution >= 4 is 34.7 Å². The minimum absolute atomic E-state index is 0.118. The first-order chi connectivity index (χ1) is 12.6. The highest BCUT2D eigenvalue weighted by atomic mass is 35.5. The number of nitrogens with zero attached hydrogens (tertiary/aromatic N) is 2. The summed E-state index contributed by atoms with van der Waals surface area (Å²) >= 11 is 5.88. The maximum atomic E-state index is 13.4. The van der Waals surface area contributed by atoms with Crippen LogP contribution in [0.5, 0.6) is 0 Å². The van der Waals surface area contributed by atoms with E-state index in [4.69, 9.17) is 11.6 Å². The number of hydrogen-bond acceptors (Lipinski definition) is 3. The van der Waals surface area contributed by atoms with Crippen molar-refractivity contribution in [2.45, 2.75) is 19.3 Å². The Morgan fingerprint density at radius 2 is 1.81 bits per heavy atom. The molecule has 5 nitrogen and oxygen atoms in total. The smallest absolute Gasteiger partial charge is 0.291 e. The van der Waals surface area contributed by atoms with E-state index in [2.05, 4.69) is 15.8 Å². The Bertz CT molecular complexity index is 788. The Morgan fingerprint density at radius 1 is 1.08 bits per heavy atom. The van der Waals surface area contributed by atoms with Crippen LogP contribution in [-0.4, -0.2) is 29.7 Å². The number of nitrogens with one attached hydrogen (secondary N) is 2. The molecule has 3 rings (SSSR count). The van der Waals surface area contributed by atoms with Crippen LogP contribution in [0.15, 0.2) is 53.5 Å². The third kappa shape index (κ3) is 4.95. The Labute approximate surface area is 156 Å². The first-order valence-corrected chi connectivity index (χ1v) is 8.91. The van der Waals surface area contributed by atoms with E-state index >= 15 is 0 Å². The molecule has 1 saturated heterocycles. The van der Waals surface area contributed by atoms with Gasteiger partial charge >= 0.3 is 0 Å². The lowest BCUT2D eigenvalue weighted by Crippen LogP contribution is -2.46. The van der Waals surface area contributed by atoms with Gasteiger partial charge < -0.3 is 4.90 Å². The van der Waals surface area contributed by atoms with Gasteiger partial charge in [0, 0.05) is 18.1 Å². The Balaban J connectivity index is 1.80. The Morgan fingerprint density at radius 3 is 2.50 bits per heavy atom. The highest BCUT2D eigenvalue weighted by molar-refractivity contribution is 6.38. The van der Waals surface area contributed by atoms with Gasteiger partial charge in [0.25, 0.3) is 5.91 Å². The van der Waals surface area contributed by atoms with Gasteiger partial charge in [-0.05, 0) is 61.7 Å². The van der Waals surface area contributed by atoms with Crippen molar-refractivity contribution in [3.8, 4) is 0 Å². The van der Waals surface area contributed by atoms with Crippen molar-refractivity contribution in [3.05, 3.63) is 59.4 Å². The molecular weight excluding hydrogens is 355 g/mol. The van der Waals surface area contributed by atoms with Crippen LogP contribution in [0.4, 0.5) is 15.8 Å². The summed E-state index contributed by atoms with van der Waals surface area (Å²) in [7, 11) is 0. The number of likely N-dealkylation sites (tertiary alicyclic amines) is 1. The average Bonchev–Trinajstić information content (AvgIpc) is 2.66. The molecule has 2 aromatic rings. The zero-order valence-electron chi connectivity index (χ0n) is 14.2. The molecule has 1 fully saturated rings. The molecule has 2 aromatic carbocycles. The standard InChI is InChI=1S/C19H20ClFN4O/c20-14-7-9-16(10-8-14)23-24-18(19(26)25-11-2-1-3-12-25)22-17-6-4-5-15(21)13-17/h4-10,13,23H,1-3,11-12H2,(H,22,24). The van der Waals surface area contributed by atoms with E-state index in [0.29, 0.717) is 23.8 Å². The summed E-state index contributed by atoms with van der Waals surface area (Å²) in [6.07, 6.45) is 3.07. The van der Waals surface area contributed by atoms with Crippen LogP contribution in [0.1, 0.15) is 19.3 Å². The van der Waals surface area contributed by atoms with Crippen LogP contribution >= 0.6 is 11.6 Å². The Kier molecular flexibility index (Phi) is 6.07. The van der Waals surface area contributed by atoms with Gasteiger partial charge in [-0.25, -0.2) is 9.38 Å². The number of hydrazine groups is 1. The summed E-state index contributed by atoms with van der Waals surface area (Å²) in [4.78, 5) is 18.9. The molecule has 26 heavy (non-hydrogen) atoms. The maximum Gasteiger partial charge on any atom is 0.291 e. The molecule has 0 aliphatic carbocycles. The first kappa shape index (κ1) is 18.2. The molecule has 7 heteroatoms. The van der Waals surface area contributed by atoms with Crippen LogP contribution in [0.2, 0.25) is 5.02 Å². The summed E-state index contributed by atoms with van der Waals surface area (Å²) in [5.74, 6) is -0.496. The number of benzene rings is 2. The molecule has 1 aliphatic heterocycles. The number of carbonyl (C=O) groups excluding carboxylic acids is 1. The van der Waals surface area contributed by atoms with Gasteiger partial charge in [-0.3, -0.25) is 15.6 Å². The second kappa shape index (κ2) is 8.67. The average molecular weight is 375 g/mol. The predicted octanol–water partition coefficient (Wildman–Crippen LogP) is 4.14. The van der Waals surface area contributed by atoms with Crippen LogP contribution in [-0.2, 0) is 4.79 Å². The van der Waals surface area contributed by atoms with Gasteiger partial charge in [0.1, 0.15) is 5.82 Å². The Hall–Kier alpha value is -2.60. The molecule has 2 N–H and O–H groups in total. The lowest BCUT2D eigenvalue weighted by molar-refractivity contribution is -0.125. The quantitative estimate of drug-likeness (QED) is 0.482. The number of amidine groups is 1. The number of halogens is 2. The number of amides is 1. The van der Waals surface area contributed by atoms with Crippen molar-refractivity contribution in [1.82, 2.24) is 10.3 Å². The van der Waals surface area contributed by atoms with E-state index < -0.39 is 5.82 Å². The van der Waals surface area contributed by atoms with E-state index in [1.165, 1.54) is 12.1 Å². The van der Waals surface area contributed by atoms with Gasteiger partial charge in [0.2, 0.25) is 5.84 Å². The second-order valence-corrected chi connectivity index (χ2v) is 6.49. The van der Waals surface area contributed by atoms with Crippen LogP contribution < -0.4 is 10.9 Å². The van der Waals surface area contributed by atoms with Crippen LogP contribution in [0.25, 0.3) is 0 Å². The molecule has 1 heterocycles. The molecule has 0 radical (unpaired) electrons. The van der Waals surface area contributed by atoms with Gasteiger partial charge in [-0.1, -0.05) is 17.7 Å². The highest BCUT2D eigenvalue weighted by Crippen LogP contribution is 2.16. The van der Waals surface area contributed by atoms with E-state index in [1.807, 2.05) is 0 Å². The molecule has 0 spiro atoms. The van der Waals surface area contributed by atoms with Crippen LogP contribution in [0.3, 0.4) is 0 Å². The maximum absolute atomic E-state index is 13.4. The van der Waals surface area contributed by atoms with Gasteiger partial charge in [0.15, 0.2) is 0 Å². The molecule has 0 atom stereocenters. The lowest BCUT2D eigenvalue weighted by Gasteiger charge is -2.27. The minimum Gasteiger partial charge on any atom is -0.336 e. The fourth-order valence-corrected chi connectivity index (χ4v) is 2.84. The van der Waals surface area contributed by atoms with Gasteiger partial charge in [-0.2, -0.15) is 0 Å². The van der Waals surface area contributed by atoms with Crippen molar-refractivity contribution in [1.29, 1.82) is 0 Å². The summed E-state index contributed by atoms with van der Waals surface area (Å²) in [6.45, 7) is 1.40. The van der Waals surface area contributed by atoms with Gasteiger partial charge in [0.05, 0.1) is 11.4 Å². The zero-order chi connectivity index (χ0) is 18.4. The predicted molar refractivity (Wildman–Crippen MR) is 102 cm³/mol. The minimum atomic E-state index is -0.401. The van der Waals surface area contributed by atoms with Gasteiger partial charge in [-0.15, -0.1) is 0 Å². The fraction of sp³-hybridized carbons (Fsp3) is 0.263. The molecule has 0 aromatic heterocycles. The molecule has 0 unspecified atom stereocenters. The zero-order valence-corrected chi connectivity index (χ0v) is 15.0. The number of carbonyl (C=O) groups is 1. The normalized spacial score (nSPS) is 14.8. The molecular formula is C19H20ClFN4O. The third-order valence-corrected chi connectivity index (χ3v) is 4.32. The number of aliphatic imine (C=N–C) groups is 1. The largest absolute Gasteiger partial charge is 0.336 e. The molecule has 0 bridgehead atoms. The molecule has 0 saturated carbocycles. The monoisotopic (exact) mass is 374 g/mol. The molecule has 1 amide bonds. The van der Waals surface area contributed by atoms with E-state index in [-0.39, 0.29) is 11.7 Å². The number of rotatable bonds is 3. The molecule has 136 valence electrons.